The molecule has 14 heteroatoms. The van der Waals surface area contributed by atoms with Crippen molar-refractivity contribution in [2.75, 3.05) is 18.6 Å². The van der Waals surface area contributed by atoms with Crippen molar-refractivity contribution in [1.29, 1.82) is 0 Å². The summed E-state index contributed by atoms with van der Waals surface area (Å²) in [4.78, 5) is 66.6. The van der Waals surface area contributed by atoms with E-state index in [1.807, 2.05) is 6.26 Å². The lowest BCUT2D eigenvalue weighted by molar-refractivity contribution is -0.142. The number of aliphatic carboxylic acids is 1. The van der Waals surface area contributed by atoms with E-state index < -0.39 is 47.7 Å². The second-order valence-electron chi connectivity index (χ2n) is 6.85. The molecule has 0 aliphatic heterocycles. The maximum absolute atomic E-state index is 12.8. The SMILES string of the molecule is CSCCC(NC(=O)C(Cc1cnc[nH]1)NC(=O)C(CCC(N)=O)NC(=O)CN)C(=O)O. The third-order valence-corrected chi connectivity index (χ3v) is 5.00. The first-order valence-electron chi connectivity index (χ1n) is 9.75. The average molecular weight is 472 g/mol. The molecule has 1 heterocycles. The number of H-pyrrole nitrogens is 1. The Bertz CT molecular complexity index is 789. The van der Waals surface area contributed by atoms with Gasteiger partial charge in [0.25, 0.3) is 0 Å². The van der Waals surface area contributed by atoms with E-state index in [2.05, 4.69) is 25.9 Å². The summed E-state index contributed by atoms with van der Waals surface area (Å²) in [6.07, 6.45) is 4.55. The minimum absolute atomic E-state index is 0.0141. The van der Waals surface area contributed by atoms with E-state index in [1.54, 1.807) is 0 Å². The first-order chi connectivity index (χ1) is 15.2. The molecule has 3 unspecified atom stereocenters. The molecular formula is C18H29N7O6S. The number of aromatic amines is 1. The lowest BCUT2D eigenvalue weighted by Crippen LogP contribution is -2.57. The molecule has 0 saturated heterocycles. The van der Waals surface area contributed by atoms with Gasteiger partial charge < -0.3 is 37.5 Å². The van der Waals surface area contributed by atoms with Crippen LogP contribution >= 0.6 is 11.8 Å². The number of hydrogen-bond acceptors (Lipinski definition) is 8. The van der Waals surface area contributed by atoms with Crippen molar-refractivity contribution in [3.63, 3.8) is 0 Å². The fraction of sp³-hybridized carbons (Fsp3) is 0.556. The lowest BCUT2D eigenvalue weighted by Gasteiger charge is -2.24. The highest BCUT2D eigenvalue weighted by molar-refractivity contribution is 7.98. The summed E-state index contributed by atoms with van der Waals surface area (Å²) in [6.45, 7) is -0.381. The van der Waals surface area contributed by atoms with E-state index in [9.17, 15) is 29.1 Å². The molecule has 1 aromatic heterocycles. The third-order valence-electron chi connectivity index (χ3n) is 4.35. The summed E-state index contributed by atoms with van der Waals surface area (Å²) in [5.74, 6) is -3.46. The number of nitrogens with zero attached hydrogens (tertiary/aromatic N) is 1. The zero-order chi connectivity index (χ0) is 24.1. The van der Waals surface area contributed by atoms with E-state index in [4.69, 9.17) is 11.5 Å². The van der Waals surface area contributed by atoms with Gasteiger partial charge in [0.15, 0.2) is 0 Å². The number of imidazole rings is 1. The molecule has 13 nitrogen and oxygen atoms in total. The van der Waals surface area contributed by atoms with Gasteiger partial charge >= 0.3 is 5.97 Å². The molecule has 1 rings (SSSR count). The summed E-state index contributed by atoms with van der Waals surface area (Å²) in [5, 5.41) is 16.7. The zero-order valence-corrected chi connectivity index (χ0v) is 18.4. The molecule has 3 atom stereocenters. The molecule has 1 aromatic rings. The number of carboxylic acid groups (broad SMARTS) is 1. The minimum atomic E-state index is -1.20. The quantitative estimate of drug-likeness (QED) is 0.143. The molecular weight excluding hydrogens is 442 g/mol. The maximum Gasteiger partial charge on any atom is 0.326 e. The number of hydrogen-bond donors (Lipinski definition) is 7. The smallest absolute Gasteiger partial charge is 0.326 e. The molecule has 178 valence electrons. The first kappa shape index (κ1) is 26.9. The highest BCUT2D eigenvalue weighted by Gasteiger charge is 2.30. The van der Waals surface area contributed by atoms with E-state index in [0.717, 1.165) is 0 Å². The fourth-order valence-corrected chi connectivity index (χ4v) is 3.14. The summed E-state index contributed by atoms with van der Waals surface area (Å²) in [7, 11) is 0. The van der Waals surface area contributed by atoms with Gasteiger partial charge in [-0.25, -0.2) is 9.78 Å². The number of rotatable bonds is 15. The summed E-state index contributed by atoms with van der Waals surface area (Å²) in [5.41, 5.74) is 10.9. The number of carboxylic acids is 1. The summed E-state index contributed by atoms with van der Waals surface area (Å²) < 4.78 is 0. The van der Waals surface area contributed by atoms with Gasteiger partial charge in [-0.2, -0.15) is 11.8 Å². The van der Waals surface area contributed by atoms with E-state index in [-0.39, 0.29) is 32.2 Å². The van der Waals surface area contributed by atoms with E-state index >= 15 is 0 Å². The van der Waals surface area contributed by atoms with Gasteiger partial charge in [0.05, 0.1) is 12.9 Å². The van der Waals surface area contributed by atoms with Crippen LogP contribution in [0.4, 0.5) is 0 Å². The number of amides is 4. The Labute approximate surface area is 188 Å². The highest BCUT2D eigenvalue weighted by atomic mass is 32.2. The third kappa shape index (κ3) is 9.78. The van der Waals surface area contributed by atoms with E-state index in [0.29, 0.717) is 11.4 Å². The lowest BCUT2D eigenvalue weighted by atomic mass is 10.1. The molecule has 32 heavy (non-hydrogen) atoms. The molecule has 0 bridgehead atoms. The summed E-state index contributed by atoms with van der Waals surface area (Å²) >= 11 is 1.43. The maximum atomic E-state index is 12.8. The van der Waals surface area contributed by atoms with Crippen LogP contribution in [0.15, 0.2) is 12.5 Å². The second kappa shape index (κ2) is 14.0. The van der Waals surface area contributed by atoms with Gasteiger partial charge in [-0.1, -0.05) is 0 Å². The molecule has 0 aliphatic carbocycles. The fourth-order valence-electron chi connectivity index (χ4n) is 2.67. The minimum Gasteiger partial charge on any atom is -0.480 e. The monoisotopic (exact) mass is 471 g/mol. The van der Waals surface area contributed by atoms with Crippen LogP contribution in [0.2, 0.25) is 0 Å². The van der Waals surface area contributed by atoms with Crippen molar-refractivity contribution in [3.05, 3.63) is 18.2 Å². The van der Waals surface area contributed by atoms with Gasteiger partial charge in [0.2, 0.25) is 23.6 Å². The topological polar surface area (TPSA) is 222 Å². The molecule has 0 fully saturated rings. The summed E-state index contributed by atoms with van der Waals surface area (Å²) in [6, 6.07) is -3.48. The normalized spacial score (nSPS) is 13.4. The van der Waals surface area contributed by atoms with Crippen LogP contribution in [0.3, 0.4) is 0 Å². The van der Waals surface area contributed by atoms with Crippen LogP contribution < -0.4 is 27.4 Å². The van der Waals surface area contributed by atoms with Crippen molar-refractivity contribution in [2.45, 2.75) is 43.8 Å². The number of carbonyl (C=O) groups excluding carboxylic acids is 4. The highest BCUT2D eigenvalue weighted by Crippen LogP contribution is 2.06. The van der Waals surface area contributed by atoms with Gasteiger partial charge in [0, 0.05) is 24.7 Å². The molecule has 0 spiro atoms. The van der Waals surface area contributed by atoms with Crippen LogP contribution in [0.5, 0.6) is 0 Å². The molecule has 0 saturated carbocycles. The molecule has 0 radical (unpaired) electrons. The number of carbonyl (C=O) groups is 5. The molecule has 0 aliphatic rings. The molecule has 9 N–H and O–H groups in total. The Balaban J connectivity index is 3.00. The number of nitrogens with two attached hydrogens (primary N) is 2. The van der Waals surface area contributed by atoms with Crippen molar-refractivity contribution >= 4 is 41.4 Å². The second-order valence-corrected chi connectivity index (χ2v) is 7.84. The Morgan fingerprint density at radius 3 is 2.28 bits per heavy atom. The van der Waals surface area contributed by atoms with Crippen molar-refractivity contribution < 1.29 is 29.1 Å². The van der Waals surface area contributed by atoms with Gasteiger partial charge in [-0.15, -0.1) is 0 Å². The number of primary amides is 1. The van der Waals surface area contributed by atoms with Gasteiger partial charge in [0.1, 0.15) is 18.1 Å². The Kier molecular flexibility index (Phi) is 11.8. The van der Waals surface area contributed by atoms with Gasteiger partial charge in [-0.3, -0.25) is 19.2 Å². The van der Waals surface area contributed by atoms with E-state index in [1.165, 1.54) is 24.3 Å². The van der Waals surface area contributed by atoms with Crippen LogP contribution in [-0.2, 0) is 30.4 Å². The Hall–Kier alpha value is -3.13. The Morgan fingerprint density at radius 1 is 1.09 bits per heavy atom. The van der Waals surface area contributed by atoms with Crippen molar-refractivity contribution in [2.24, 2.45) is 11.5 Å². The zero-order valence-electron chi connectivity index (χ0n) is 17.6. The predicted molar refractivity (Wildman–Crippen MR) is 116 cm³/mol. The largest absolute Gasteiger partial charge is 0.480 e. The number of aromatic nitrogens is 2. The van der Waals surface area contributed by atoms with Gasteiger partial charge in [-0.05, 0) is 24.9 Å². The number of thioether (sulfide) groups is 1. The van der Waals surface area contributed by atoms with Crippen molar-refractivity contribution in [1.82, 2.24) is 25.9 Å². The van der Waals surface area contributed by atoms with Crippen LogP contribution in [0, 0.1) is 0 Å². The standard InChI is InChI=1S/C18H29N7O6S/c1-32-5-4-12(18(30)31)24-17(29)13(6-10-8-21-9-22-10)25-16(28)11(2-3-14(20)26)23-15(27)7-19/h8-9,11-13H,2-7,19H2,1H3,(H2,20,26)(H,21,22)(H,23,27)(H,24,29)(H,25,28)(H,30,31). The van der Waals surface area contributed by atoms with Crippen LogP contribution in [-0.4, -0.2) is 81.4 Å². The Morgan fingerprint density at radius 2 is 1.75 bits per heavy atom. The number of nitrogens with one attached hydrogen (secondary N) is 4. The van der Waals surface area contributed by atoms with Crippen molar-refractivity contribution in [3.8, 4) is 0 Å². The van der Waals surface area contributed by atoms with Crippen LogP contribution in [0.25, 0.3) is 0 Å². The van der Waals surface area contributed by atoms with Crippen LogP contribution in [0.1, 0.15) is 25.0 Å². The first-order valence-corrected chi connectivity index (χ1v) is 11.1. The average Bonchev–Trinajstić information content (AvgIpc) is 3.25. The molecule has 0 aromatic carbocycles. The predicted octanol–water partition coefficient (Wildman–Crippen LogP) is -2.53. The molecule has 4 amide bonds.